The number of nitrogens with zero attached hydrogens (tertiary/aromatic N) is 2. The molecule has 1 rings (SSSR count). The highest BCUT2D eigenvalue weighted by atomic mass is 16.6. The first kappa shape index (κ1) is 15.6. The molecule has 19 heavy (non-hydrogen) atoms. The van der Waals surface area contributed by atoms with E-state index >= 15 is 0 Å². The first-order valence-corrected chi connectivity index (χ1v) is 6.58. The van der Waals surface area contributed by atoms with Crippen molar-refractivity contribution in [2.24, 2.45) is 0 Å². The van der Waals surface area contributed by atoms with E-state index in [1.54, 1.807) is 19.1 Å². The lowest BCUT2D eigenvalue weighted by Crippen LogP contribution is -2.34. The van der Waals surface area contributed by atoms with Crippen molar-refractivity contribution < 1.29 is 10.0 Å². The van der Waals surface area contributed by atoms with Crippen LogP contribution in [0, 0.1) is 17.0 Å². The van der Waals surface area contributed by atoms with Crippen LogP contribution in [-0.4, -0.2) is 34.1 Å². The summed E-state index contributed by atoms with van der Waals surface area (Å²) in [5.74, 6) is 0. The van der Waals surface area contributed by atoms with Crippen molar-refractivity contribution in [3.63, 3.8) is 0 Å². The summed E-state index contributed by atoms with van der Waals surface area (Å²) < 4.78 is 0. The van der Waals surface area contributed by atoms with Crippen LogP contribution in [0.3, 0.4) is 0 Å². The first-order valence-electron chi connectivity index (χ1n) is 6.58. The number of aliphatic hydroxyl groups excluding tert-OH is 1. The third-order valence-electron chi connectivity index (χ3n) is 3.46. The number of aryl methyl sites for hydroxylation is 1. The Morgan fingerprint density at radius 3 is 2.68 bits per heavy atom. The molecule has 0 aliphatic carbocycles. The largest absolute Gasteiger partial charge is 0.395 e. The van der Waals surface area contributed by atoms with E-state index in [9.17, 15) is 10.1 Å². The Balaban J connectivity index is 2.90. The summed E-state index contributed by atoms with van der Waals surface area (Å²) in [5.41, 5.74) is 1.74. The molecule has 0 fully saturated rings. The van der Waals surface area contributed by atoms with Gasteiger partial charge in [-0.3, -0.25) is 15.0 Å². The summed E-state index contributed by atoms with van der Waals surface area (Å²) in [5, 5.41) is 20.0. The van der Waals surface area contributed by atoms with Crippen LogP contribution in [0.2, 0.25) is 0 Å². The first-order chi connectivity index (χ1) is 8.99. The normalized spacial score (nSPS) is 12.7. The molecule has 0 spiro atoms. The van der Waals surface area contributed by atoms with Gasteiger partial charge in [0.25, 0.3) is 5.69 Å². The molecule has 5 heteroatoms. The van der Waals surface area contributed by atoms with Crippen molar-refractivity contribution >= 4 is 5.69 Å². The molecule has 5 nitrogen and oxygen atoms in total. The Morgan fingerprint density at radius 2 is 2.16 bits per heavy atom. The van der Waals surface area contributed by atoms with Crippen molar-refractivity contribution in [2.75, 3.05) is 13.2 Å². The fourth-order valence-corrected chi connectivity index (χ4v) is 2.03. The average molecular weight is 266 g/mol. The number of benzene rings is 1. The number of hydrogen-bond donors (Lipinski definition) is 1. The van der Waals surface area contributed by atoms with E-state index in [1.807, 2.05) is 6.07 Å². The van der Waals surface area contributed by atoms with Crippen LogP contribution in [0.15, 0.2) is 18.2 Å². The van der Waals surface area contributed by atoms with Gasteiger partial charge in [-0.15, -0.1) is 0 Å². The molecule has 1 aromatic rings. The number of nitro groups is 1. The average Bonchev–Trinajstić information content (AvgIpc) is 2.39. The quantitative estimate of drug-likeness (QED) is 0.608. The standard InChI is InChI=1S/C14H22N2O3/c1-4-12(3)15(7-8-17)10-13-6-5-11(2)14(9-13)16(18)19/h5-6,9,12,17H,4,7-8,10H2,1-3H3. The molecule has 1 atom stereocenters. The van der Waals surface area contributed by atoms with E-state index < -0.39 is 0 Å². The molecule has 0 aliphatic heterocycles. The number of nitro benzene ring substituents is 1. The minimum atomic E-state index is -0.349. The van der Waals surface area contributed by atoms with Crippen molar-refractivity contribution in [1.82, 2.24) is 4.90 Å². The van der Waals surface area contributed by atoms with E-state index in [2.05, 4.69) is 18.7 Å². The summed E-state index contributed by atoms with van der Waals surface area (Å²) >= 11 is 0. The zero-order chi connectivity index (χ0) is 14.4. The predicted octanol–water partition coefficient (Wildman–Crippen LogP) is 2.50. The summed E-state index contributed by atoms with van der Waals surface area (Å²) in [6, 6.07) is 5.66. The van der Waals surface area contributed by atoms with Gasteiger partial charge in [-0.05, 0) is 25.8 Å². The highest BCUT2D eigenvalue weighted by Gasteiger charge is 2.15. The fourth-order valence-electron chi connectivity index (χ4n) is 2.03. The third kappa shape index (κ3) is 4.29. The van der Waals surface area contributed by atoms with Gasteiger partial charge >= 0.3 is 0 Å². The van der Waals surface area contributed by atoms with Crippen molar-refractivity contribution in [1.29, 1.82) is 0 Å². The summed E-state index contributed by atoms with van der Waals surface area (Å²) in [6.07, 6.45) is 0.980. The fraction of sp³-hybridized carbons (Fsp3) is 0.571. The van der Waals surface area contributed by atoms with Crippen LogP contribution in [0.4, 0.5) is 5.69 Å². The third-order valence-corrected chi connectivity index (χ3v) is 3.46. The van der Waals surface area contributed by atoms with E-state index in [0.717, 1.165) is 12.0 Å². The second kappa shape index (κ2) is 7.21. The molecule has 106 valence electrons. The molecule has 1 aromatic carbocycles. The van der Waals surface area contributed by atoms with Crippen molar-refractivity contribution in [3.8, 4) is 0 Å². The molecule has 1 unspecified atom stereocenters. The van der Waals surface area contributed by atoms with E-state index in [1.165, 1.54) is 0 Å². The Morgan fingerprint density at radius 1 is 1.47 bits per heavy atom. The lowest BCUT2D eigenvalue weighted by Gasteiger charge is -2.27. The molecule has 0 aromatic heterocycles. The van der Waals surface area contributed by atoms with Gasteiger partial charge in [0.1, 0.15) is 0 Å². The van der Waals surface area contributed by atoms with Gasteiger partial charge in [0.2, 0.25) is 0 Å². The molecule has 0 radical (unpaired) electrons. The molecular formula is C14H22N2O3. The van der Waals surface area contributed by atoms with Gasteiger partial charge < -0.3 is 5.11 Å². The van der Waals surface area contributed by atoms with E-state index in [-0.39, 0.29) is 17.2 Å². The zero-order valence-electron chi connectivity index (χ0n) is 11.8. The molecule has 0 bridgehead atoms. The molecule has 0 heterocycles. The minimum Gasteiger partial charge on any atom is -0.395 e. The Labute approximate surface area is 114 Å². The van der Waals surface area contributed by atoms with Crippen LogP contribution in [0.1, 0.15) is 31.4 Å². The van der Waals surface area contributed by atoms with Crippen LogP contribution < -0.4 is 0 Å². The van der Waals surface area contributed by atoms with Gasteiger partial charge in [0.15, 0.2) is 0 Å². The topological polar surface area (TPSA) is 66.6 Å². The lowest BCUT2D eigenvalue weighted by atomic mass is 10.1. The van der Waals surface area contributed by atoms with Crippen LogP contribution in [0.25, 0.3) is 0 Å². The second-order valence-corrected chi connectivity index (χ2v) is 4.83. The maximum absolute atomic E-state index is 10.9. The van der Waals surface area contributed by atoms with E-state index in [4.69, 9.17) is 5.11 Å². The highest BCUT2D eigenvalue weighted by molar-refractivity contribution is 5.42. The molecular weight excluding hydrogens is 244 g/mol. The Kier molecular flexibility index (Phi) is 5.92. The molecule has 0 saturated carbocycles. The second-order valence-electron chi connectivity index (χ2n) is 4.83. The number of aliphatic hydroxyl groups is 1. The predicted molar refractivity (Wildman–Crippen MR) is 75.1 cm³/mol. The van der Waals surface area contributed by atoms with Crippen molar-refractivity contribution in [2.45, 2.75) is 39.8 Å². The monoisotopic (exact) mass is 266 g/mol. The van der Waals surface area contributed by atoms with Crippen LogP contribution in [-0.2, 0) is 6.54 Å². The summed E-state index contributed by atoms with van der Waals surface area (Å²) in [7, 11) is 0. The Hall–Kier alpha value is -1.46. The van der Waals surface area contributed by atoms with Gasteiger partial charge in [-0.25, -0.2) is 0 Å². The SMILES string of the molecule is CCC(C)N(CCO)Cc1ccc(C)c([N+](=O)[O-])c1. The molecule has 0 amide bonds. The van der Waals surface area contributed by atoms with Crippen LogP contribution >= 0.6 is 0 Å². The molecule has 1 N–H and O–H groups in total. The molecule has 0 aliphatic rings. The lowest BCUT2D eigenvalue weighted by molar-refractivity contribution is -0.385. The summed E-state index contributed by atoms with van der Waals surface area (Å²) in [6.45, 7) is 7.22. The van der Waals surface area contributed by atoms with Crippen LogP contribution in [0.5, 0.6) is 0 Å². The number of hydrogen-bond acceptors (Lipinski definition) is 4. The van der Waals surface area contributed by atoms with Crippen molar-refractivity contribution in [3.05, 3.63) is 39.4 Å². The van der Waals surface area contributed by atoms with Gasteiger partial charge in [-0.1, -0.05) is 19.1 Å². The highest BCUT2D eigenvalue weighted by Crippen LogP contribution is 2.21. The van der Waals surface area contributed by atoms with Gasteiger partial charge in [0, 0.05) is 30.8 Å². The van der Waals surface area contributed by atoms with E-state index in [0.29, 0.717) is 24.7 Å². The summed E-state index contributed by atoms with van der Waals surface area (Å²) in [4.78, 5) is 12.7. The maximum atomic E-state index is 10.9. The number of rotatable bonds is 7. The molecule has 0 saturated heterocycles. The minimum absolute atomic E-state index is 0.0955. The van der Waals surface area contributed by atoms with Gasteiger partial charge in [-0.2, -0.15) is 0 Å². The smallest absolute Gasteiger partial charge is 0.272 e. The van der Waals surface area contributed by atoms with Gasteiger partial charge in [0.05, 0.1) is 11.5 Å². The zero-order valence-corrected chi connectivity index (χ0v) is 11.8. The Bertz CT molecular complexity index is 435. The maximum Gasteiger partial charge on any atom is 0.272 e.